The first-order valence-corrected chi connectivity index (χ1v) is 12.9. The van der Waals surface area contributed by atoms with E-state index in [0.29, 0.717) is 6.61 Å². The summed E-state index contributed by atoms with van der Waals surface area (Å²) in [7, 11) is 0. The quantitative estimate of drug-likeness (QED) is 0.327. The van der Waals surface area contributed by atoms with E-state index in [0.717, 1.165) is 47.4 Å². The Morgan fingerprint density at radius 2 is 1.23 bits per heavy atom. The van der Waals surface area contributed by atoms with Crippen LogP contribution in [-0.2, 0) is 0 Å². The first-order valence-electron chi connectivity index (χ1n) is 12.9. The number of nitrogens with zero attached hydrogens (tertiary/aromatic N) is 1. The molecule has 3 aromatic carbocycles. The van der Waals surface area contributed by atoms with Crippen LogP contribution in [-0.4, -0.2) is 41.4 Å². The molecular formula is C31H37NO3. The van der Waals surface area contributed by atoms with E-state index >= 15 is 0 Å². The summed E-state index contributed by atoms with van der Waals surface area (Å²) in [6.45, 7) is 6.25. The second kappa shape index (κ2) is 12.5. The minimum absolute atomic E-state index is 0.248. The zero-order valence-corrected chi connectivity index (χ0v) is 20.7. The number of hydrogen-bond donors (Lipinski definition) is 2. The number of phenolic OH excluding ortho intramolecular Hbond substituents is 2. The smallest absolute Gasteiger partial charge is 0.119 e. The molecule has 0 amide bonds. The third-order valence-electron chi connectivity index (χ3n) is 6.69. The molecule has 0 radical (unpaired) electrons. The molecule has 184 valence electrons. The van der Waals surface area contributed by atoms with Gasteiger partial charge >= 0.3 is 0 Å². The zero-order chi connectivity index (χ0) is 24.5. The lowest BCUT2D eigenvalue weighted by molar-refractivity contribution is 0.214. The van der Waals surface area contributed by atoms with Crippen LogP contribution in [0.2, 0.25) is 0 Å². The first kappa shape index (κ1) is 24.9. The van der Waals surface area contributed by atoms with Gasteiger partial charge in [-0.1, -0.05) is 62.6 Å². The third kappa shape index (κ3) is 6.89. The summed E-state index contributed by atoms with van der Waals surface area (Å²) in [5.41, 5.74) is 5.58. The van der Waals surface area contributed by atoms with Gasteiger partial charge in [-0.25, -0.2) is 0 Å². The average molecular weight is 472 g/mol. The predicted molar refractivity (Wildman–Crippen MR) is 144 cm³/mol. The molecule has 0 saturated carbocycles. The lowest BCUT2D eigenvalue weighted by Gasteiger charge is -2.20. The van der Waals surface area contributed by atoms with E-state index in [1.165, 1.54) is 44.3 Å². The van der Waals surface area contributed by atoms with Crippen molar-refractivity contribution in [3.8, 4) is 17.2 Å². The molecule has 1 fully saturated rings. The second-order valence-corrected chi connectivity index (χ2v) is 9.33. The molecule has 1 aliphatic heterocycles. The summed E-state index contributed by atoms with van der Waals surface area (Å²) in [4.78, 5) is 2.52. The molecule has 0 atom stereocenters. The molecule has 1 heterocycles. The standard InChI is InChI=1S/C31H37NO3/c1-2-7-30(31(25-8-14-27(33)15-9-25)26-10-16-28(34)17-11-26)24-12-18-29(19-13-24)35-23-22-32-20-5-3-4-6-21-32/h8-19,33-34H,2-7,20-23H2,1H3. The monoisotopic (exact) mass is 471 g/mol. The largest absolute Gasteiger partial charge is 0.508 e. The summed E-state index contributed by atoms with van der Waals surface area (Å²) in [5, 5.41) is 19.7. The number of allylic oxidation sites excluding steroid dienone is 1. The number of phenols is 2. The van der Waals surface area contributed by atoms with E-state index in [4.69, 9.17) is 4.74 Å². The van der Waals surface area contributed by atoms with Crippen molar-refractivity contribution in [1.82, 2.24) is 4.90 Å². The topological polar surface area (TPSA) is 52.9 Å². The highest BCUT2D eigenvalue weighted by molar-refractivity contribution is 5.98. The van der Waals surface area contributed by atoms with Gasteiger partial charge in [0.15, 0.2) is 0 Å². The normalized spacial score (nSPS) is 14.3. The highest BCUT2D eigenvalue weighted by Gasteiger charge is 2.15. The number of likely N-dealkylation sites (tertiary alicyclic amines) is 1. The fourth-order valence-electron chi connectivity index (χ4n) is 4.84. The molecular weight excluding hydrogens is 434 g/mol. The fourth-order valence-corrected chi connectivity index (χ4v) is 4.84. The Morgan fingerprint density at radius 1 is 0.714 bits per heavy atom. The summed E-state index contributed by atoms with van der Waals surface area (Å²) < 4.78 is 6.09. The number of hydrogen-bond acceptors (Lipinski definition) is 4. The van der Waals surface area contributed by atoms with Crippen molar-refractivity contribution in [2.45, 2.75) is 45.4 Å². The third-order valence-corrected chi connectivity index (χ3v) is 6.69. The number of ether oxygens (including phenoxy) is 1. The van der Waals surface area contributed by atoms with Crippen molar-refractivity contribution in [2.75, 3.05) is 26.2 Å². The molecule has 0 aromatic heterocycles. The Kier molecular flexibility index (Phi) is 8.85. The fraction of sp³-hybridized carbons (Fsp3) is 0.355. The maximum Gasteiger partial charge on any atom is 0.119 e. The highest BCUT2D eigenvalue weighted by atomic mass is 16.5. The Morgan fingerprint density at radius 3 is 1.74 bits per heavy atom. The Balaban J connectivity index is 1.59. The van der Waals surface area contributed by atoms with Crippen LogP contribution in [0.25, 0.3) is 11.1 Å². The van der Waals surface area contributed by atoms with Crippen molar-refractivity contribution in [2.24, 2.45) is 0 Å². The molecule has 3 aromatic rings. The van der Waals surface area contributed by atoms with Gasteiger partial charge in [0, 0.05) is 6.54 Å². The van der Waals surface area contributed by atoms with Crippen LogP contribution in [0.5, 0.6) is 17.2 Å². The van der Waals surface area contributed by atoms with Crippen LogP contribution in [0.4, 0.5) is 0 Å². The van der Waals surface area contributed by atoms with E-state index in [2.05, 4.69) is 36.1 Å². The molecule has 0 bridgehead atoms. The zero-order valence-electron chi connectivity index (χ0n) is 20.7. The molecule has 0 spiro atoms. The molecule has 4 nitrogen and oxygen atoms in total. The minimum Gasteiger partial charge on any atom is -0.508 e. The van der Waals surface area contributed by atoms with E-state index in [-0.39, 0.29) is 11.5 Å². The SMILES string of the molecule is CCCC(=C(c1ccc(O)cc1)c1ccc(O)cc1)c1ccc(OCCN2CCCCCC2)cc1. The van der Waals surface area contributed by atoms with Crippen molar-refractivity contribution >= 4 is 11.1 Å². The lowest BCUT2D eigenvalue weighted by atomic mass is 9.87. The number of benzene rings is 3. The molecule has 4 heteroatoms. The van der Waals surface area contributed by atoms with Crippen LogP contribution in [0.1, 0.15) is 62.1 Å². The van der Waals surface area contributed by atoms with E-state index in [1.54, 1.807) is 24.3 Å². The molecule has 1 saturated heterocycles. The van der Waals surface area contributed by atoms with Gasteiger partial charge in [-0.3, -0.25) is 4.90 Å². The van der Waals surface area contributed by atoms with E-state index in [9.17, 15) is 10.2 Å². The summed E-state index contributed by atoms with van der Waals surface area (Å²) in [6, 6.07) is 23.1. The number of rotatable bonds is 9. The second-order valence-electron chi connectivity index (χ2n) is 9.33. The maximum atomic E-state index is 9.84. The van der Waals surface area contributed by atoms with E-state index < -0.39 is 0 Å². The van der Waals surface area contributed by atoms with Gasteiger partial charge in [0.1, 0.15) is 23.9 Å². The van der Waals surface area contributed by atoms with Crippen molar-refractivity contribution in [3.05, 3.63) is 89.5 Å². The van der Waals surface area contributed by atoms with Crippen LogP contribution in [0, 0.1) is 0 Å². The maximum absolute atomic E-state index is 9.84. The highest BCUT2D eigenvalue weighted by Crippen LogP contribution is 2.36. The van der Waals surface area contributed by atoms with Crippen molar-refractivity contribution < 1.29 is 14.9 Å². The Hall–Kier alpha value is -3.24. The summed E-state index contributed by atoms with van der Waals surface area (Å²) in [6.07, 6.45) is 7.21. The minimum atomic E-state index is 0.248. The van der Waals surface area contributed by atoms with E-state index in [1.807, 2.05) is 24.3 Å². The molecule has 2 N–H and O–H groups in total. The number of aromatic hydroxyl groups is 2. The van der Waals surface area contributed by atoms with Gasteiger partial charge in [-0.05, 0) is 96.6 Å². The van der Waals surface area contributed by atoms with Gasteiger partial charge in [-0.2, -0.15) is 0 Å². The molecule has 0 unspecified atom stereocenters. The first-order chi connectivity index (χ1) is 17.1. The van der Waals surface area contributed by atoms with Gasteiger partial charge in [0.05, 0.1) is 0 Å². The van der Waals surface area contributed by atoms with Crippen LogP contribution >= 0.6 is 0 Å². The Bertz CT molecular complexity index is 1030. The lowest BCUT2D eigenvalue weighted by Crippen LogP contribution is -2.29. The molecule has 1 aliphatic rings. The molecule has 4 rings (SSSR count). The predicted octanol–water partition coefficient (Wildman–Crippen LogP) is 7.11. The summed E-state index contributed by atoms with van der Waals surface area (Å²) in [5.74, 6) is 1.39. The summed E-state index contributed by atoms with van der Waals surface area (Å²) >= 11 is 0. The van der Waals surface area contributed by atoms with Gasteiger partial charge < -0.3 is 14.9 Å². The van der Waals surface area contributed by atoms with Crippen molar-refractivity contribution in [3.63, 3.8) is 0 Å². The van der Waals surface area contributed by atoms with Crippen LogP contribution in [0.15, 0.2) is 72.8 Å². The molecule has 35 heavy (non-hydrogen) atoms. The van der Waals surface area contributed by atoms with Crippen LogP contribution in [0.3, 0.4) is 0 Å². The molecule has 0 aliphatic carbocycles. The van der Waals surface area contributed by atoms with Crippen molar-refractivity contribution in [1.29, 1.82) is 0 Å². The Labute approximate surface area is 209 Å². The van der Waals surface area contributed by atoms with Gasteiger partial charge in [-0.15, -0.1) is 0 Å². The van der Waals surface area contributed by atoms with Crippen LogP contribution < -0.4 is 4.74 Å². The van der Waals surface area contributed by atoms with Gasteiger partial charge in [0.25, 0.3) is 0 Å². The van der Waals surface area contributed by atoms with Gasteiger partial charge in [0.2, 0.25) is 0 Å². The average Bonchev–Trinajstić information content (AvgIpc) is 3.15.